The smallest absolute Gasteiger partial charge is 0.521 e. The lowest BCUT2D eigenvalue weighted by Crippen LogP contribution is -2.20. The van der Waals surface area contributed by atoms with Crippen LogP contribution in [0.15, 0.2) is 91.3 Å². The van der Waals surface area contributed by atoms with E-state index in [4.69, 9.17) is 38.9 Å². The van der Waals surface area contributed by atoms with Crippen LogP contribution in [0.2, 0.25) is 0 Å². The van der Waals surface area contributed by atoms with E-state index < -0.39 is 16.5 Å². The van der Waals surface area contributed by atoms with Crippen molar-refractivity contribution in [3.05, 3.63) is 108 Å². The summed E-state index contributed by atoms with van der Waals surface area (Å²) in [6.45, 7) is 3.67. The number of hydrogen-bond acceptors (Lipinski definition) is 13. The van der Waals surface area contributed by atoms with Gasteiger partial charge in [0.05, 0.1) is 5.56 Å². The van der Waals surface area contributed by atoms with Crippen molar-refractivity contribution in [1.29, 1.82) is 0 Å². The Morgan fingerprint density at radius 3 is 2.38 bits per heavy atom. The third-order valence-corrected chi connectivity index (χ3v) is 6.95. The molecule has 1 aliphatic heterocycles. The fraction of sp³-hybridized carbons (Fsp3) is 0.267. The van der Waals surface area contributed by atoms with Crippen LogP contribution in [0, 0.1) is 5.92 Å². The molecule has 1 fully saturated rings. The summed E-state index contributed by atoms with van der Waals surface area (Å²) in [4.78, 5) is 36.7. The Morgan fingerprint density at radius 1 is 0.956 bits per heavy atom. The minimum Gasteiger partial charge on any atom is -0.565 e. The summed E-state index contributed by atoms with van der Waals surface area (Å²) in [5.74, 6) is 1.14. The maximum absolute atomic E-state index is 12.0. The van der Waals surface area contributed by atoms with E-state index in [-0.39, 0.29) is 15.4 Å². The van der Waals surface area contributed by atoms with Gasteiger partial charge in [0.15, 0.2) is 0 Å². The normalized spacial score (nSPS) is 14.8. The van der Waals surface area contributed by atoms with Crippen LogP contribution in [-0.4, -0.2) is 52.7 Å². The SMILES string of the molecule is O=C(OCCOc1cccc(CN2CC[C@@H](Cc3cccc4cnccc34)C2)c1)c1ccccc1.O=[P+]([O-])OO.O=[P+]([O-])OO.[HH].[HH]. The quantitative estimate of drug-likeness (QED) is 0.0717. The number of rotatable bonds is 11. The first-order chi connectivity index (χ1) is 21.8. The van der Waals surface area contributed by atoms with Gasteiger partial charge in [-0.3, -0.25) is 9.88 Å². The van der Waals surface area contributed by atoms with Crippen LogP contribution in [0.3, 0.4) is 0 Å². The van der Waals surface area contributed by atoms with Gasteiger partial charge in [0.25, 0.3) is 0 Å². The lowest BCUT2D eigenvalue weighted by atomic mass is 9.95. The Hall–Kier alpha value is -3.74. The molecule has 0 saturated carbocycles. The number of nitrogens with zero attached hydrogens (tertiary/aromatic N) is 2. The lowest BCUT2D eigenvalue weighted by Gasteiger charge is -2.17. The molecular formula is C30H36N2O11P2. The van der Waals surface area contributed by atoms with Crippen LogP contribution in [0.5, 0.6) is 5.75 Å². The molecule has 15 heteroatoms. The van der Waals surface area contributed by atoms with Crippen molar-refractivity contribution in [3.8, 4) is 5.75 Å². The highest BCUT2D eigenvalue weighted by molar-refractivity contribution is 7.30. The molecule has 1 saturated heterocycles. The summed E-state index contributed by atoms with van der Waals surface area (Å²) in [6, 6.07) is 25.9. The van der Waals surface area contributed by atoms with E-state index in [9.17, 15) is 4.79 Å². The minimum absolute atomic E-state index is 0. The number of benzene rings is 3. The van der Waals surface area contributed by atoms with Gasteiger partial charge in [-0.05, 0) is 81.3 Å². The molecule has 1 aliphatic rings. The lowest BCUT2D eigenvalue weighted by molar-refractivity contribution is -0.245. The highest BCUT2D eigenvalue weighted by Crippen LogP contribution is 2.27. The van der Waals surface area contributed by atoms with E-state index in [2.05, 4.69) is 55.6 Å². The Balaban J connectivity index is 0.000000809. The summed E-state index contributed by atoms with van der Waals surface area (Å²) >= 11 is 0. The molecule has 0 aliphatic carbocycles. The maximum Gasteiger partial charge on any atom is 0.521 e. The number of likely N-dealkylation sites (tertiary alicyclic amines) is 1. The molecule has 0 spiro atoms. The average molecular weight is 663 g/mol. The summed E-state index contributed by atoms with van der Waals surface area (Å²) in [5.41, 5.74) is 3.21. The minimum atomic E-state index is -3.04. The second kappa shape index (κ2) is 19.6. The van der Waals surface area contributed by atoms with Gasteiger partial charge in [0.1, 0.15) is 19.0 Å². The molecule has 0 amide bonds. The van der Waals surface area contributed by atoms with E-state index in [0.717, 1.165) is 31.8 Å². The zero-order valence-corrected chi connectivity index (χ0v) is 25.8. The highest BCUT2D eigenvalue weighted by atomic mass is 31.1. The van der Waals surface area contributed by atoms with E-state index in [1.165, 1.54) is 28.3 Å². The number of ether oxygens (including phenoxy) is 2. The Labute approximate surface area is 264 Å². The first-order valence-electron chi connectivity index (χ1n) is 13.7. The number of esters is 1. The van der Waals surface area contributed by atoms with Crippen LogP contribution in [-0.2, 0) is 36.2 Å². The number of carbonyl (C=O) groups is 1. The van der Waals surface area contributed by atoms with Gasteiger partial charge in [-0.1, -0.05) is 48.5 Å². The molecule has 2 N–H and O–H groups in total. The van der Waals surface area contributed by atoms with Crippen LogP contribution >= 0.6 is 16.5 Å². The molecule has 13 nitrogen and oxygen atoms in total. The summed E-state index contributed by atoms with van der Waals surface area (Å²) in [6.07, 6.45) is 6.14. The number of aromatic nitrogens is 1. The van der Waals surface area contributed by atoms with Crippen molar-refractivity contribution < 1.29 is 55.9 Å². The molecule has 4 aromatic rings. The molecule has 45 heavy (non-hydrogen) atoms. The molecule has 5 rings (SSSR count). The van der Waals surface area contributed by atoms with Crippen LogP contribution < -0.4 is 14.5 Å². The first-order valence-corrected chi connectivity index (χ1v) is 15.9. The first kappa shape index (κ1) is 35.7. The fourth-order valence-corrected chi connectivity index (χ4v) is 4.84. The van der Waals surface area contributed by atoms with Gasteiger partial charge in [-0.2, -0.15) is 0 Å². The van der Waals surface area contributed by atoms with Crippen LogP contribution in [0.25, 0.3) is 10.8 Å². The standard InChI is InChI=1S/C30H30N2O3.2HO4P.2H2/c33-30(25-7-2-1-3-8-25)35-17-16-34-28-11-4-6-23(19-28)21-32-15-13-24(22-32)18-26-9-5-10-27-20-31-14-12-29(26)27;2*1-4-5(2)3;;/h1-12,14,19-20,24H,13,15-18,21-22H2;2*1H;2*1H/t24-;;;;/m0..../s1. The fourth-order valence-electron chi connectivity index (χ4n) is 4.84. The predicted octanol–water partition coefficient (Wildman–Crippen LogP) is 5.01. The molecule has 3 aromatic carbocycles. The van der Waals surface area contributed by atoms with Gasteiger partial charge in [-0.25, -0.2) is 15.3 Å². The van der Waals surface area contributed by atoms with Crippen molar-refractivity contribution in [3.63, 3.8) is 0 Å². The Morgan fingerprint density at radius 2 is 1.67 bits per heavy atom. The van der Waals surface area contributed by atoms with Crippen LogP contribution in [0.1, 0.15) is 30.8 Å². The Bertz CT molecular complexity index is 1520. The summed E-state index contributed by atoms with van der Waals surface area (Å²) in [5, 5.41) is 16.6. The third-order valence-electron chi connectivity index (χ3n) is 6.68. The Kier molecular flexibility index (Phi) is 15.6. The monoisotopic (exact) mass is 662 g/mol. The van der Waals surface area contributed by atoms with Crippen molar-refractivity contribution in [2.75, 3.05) is 26.3 Å². The number of carbonyl (C=O) groups excluding carboxylic acids is 1. The zero-order chi connectivity index (χ0) is 32.4. The largest absolute Gasteiger partial charge is 0.565 e. The van der Waals surface area contributed by atoms with Crippen molar-refractivity contribution in [2.45, 2.75) is 19.4 Å². The van der Waals surface area contributed by atoms with E-state index >= 15 is 0 Å². The summed E-state index contributed by atoms with van der Waals surface area (Å²) in [7, 11) is -6.09. The number of hydrogen-bond donors (Lipinski definition) is 2. The van der Waals surface area contributed by atoms with E-state index in [0.29, 0.717) is 18.1 Å². The molecule has 3 atom stereocenters. The molecule has 0 radical (unpaired) electrons. The topological polar surface area (TPSA) is 191 Å². The summed E-state index contributed by atoms with van der Waals surface area (Å²) < 4.78 is 34.4. The predicted molar refractivity (Wildman–Crippen MR) is 164 cm³/mol. The van der Waals surface area contributed by atoms with E-state index in [1.807, 2.05) is 42.7 Å². The second-order valence-corrected chi connectivity index (χ2v) is 10.9. The molecule has 2 unspecified atom stereocenters. The van der Waals surface area contributed by atoms with Gasteiger partial charge >= 0.3 is 22.5 Å². The highest BCUT2D eigenvalue weighted by Gasteiger charge is 2.23. The van der Waals surface area contributed by atoms with Gasteiger partial charge < -0.3 is 19.3 Å². The van der Waals surface area contributed by atoms with Gasteiger partial charge in [0.2, 0.25) is 0 Å². The van der Waals surface area contributed by atoms with Crippen molar-refractivity contribution in [2.24, 2.45) is 5.92 Å². The maximum atomic E-state index is 12.0. The number of fused-ring (bicyclic) bond motifs is 1. The molecule has 1 aromatic heterocycles. The molecular weight excluding hydrogens is 626 g/mol. The second-order valence-electron chi connectivity index (χ2n) is 9.72. The van der Waals surface area contributed by atoms with Crippen LogP contribution in [0.4, 0.5) is 0 Å². The molecule has 242 valence electrons. The average Bonchev–Trinajstić information content (AvgIpc) is 3.50. The molecule has 2 heterocycles. The third kappa shape index (κ3) is 13.0. The van der Waals surface area contributed by atoms with Gasteiger partial charge in [-0.15, -0.1) is 0 Å². The number of pyridine rings is 1. The van der Waals surface area contributed by atoms with E-state index in [1.54, 1.807) is 12.1 Å². The van der Waals surface area contributed by atoms with Crippen molar-refractivity contribution in [1.82, 2.24) is 9.88 Å². The molecule has 0 bridgehead atoms. The zero-order valence-electron chi connectivity index (χ0n) is 24.0. The van der Waals surface area contributed by atoms with Crippen molar-refractivity contribution >= 4 is 33.3 Å². The van der Waals surface area contributed by atoms with Gasteiger partial charge in [0, 0.05) is 43.1 Å².